The molecule has 0 aromatic heterocycles. The summed E-state index contributed by atoms with van der Waals surface area (Å²) in [6.07, 6.45) is -3.47. The van der Waals surface area contributed by atoms with Crippen molar-refractivity contribution in [1.29, 1.82) is 0 Å². The molecule has 0 saturated carbocycles. The molecule has 3 nitrogen and oxygen atoms in total. The molecule has 0 aliphatic heterocycles. The van der Waals surface area contributed by atoms with Crippen LogP contribution in [0.25, 0.3) is 0 Å². The first-order valence-electron chi connectivity index (χ1n) is 5.56. The van der Waals surface area contributed by atoms with E-state index in [2.05, 4.69) is 11.9 Å². The second-order valence-corrected chi connectivity index (χ2v) is 4.01. The number of ether oxygens (including phenoxy) is 1. The average Bonchev–Trinajstić information content (AvgIpc) is 2.35. The van der Waals surface area contributed by atoms with E-state index in [0.717, 1.165) is 12.1 Å². The number of benzene rings is 1. The molecule has 1 rings (SSSR count). The molecule has 6 heteroatoms. The summed E-state index contributed by atoms with van der Waals surface area (Å²) in [5.41, 5.74) is -0.532. The van der Waals surface area contributed by atoms with Crippen LogP contribution in [0.1, 0.15) is 12.5 Å². The number of nitrogens with one attached hydrogen (secondary N) is 1. The highest BCUT2D eigenvalue weighted by atomic mass is 19.4. The number of rotatable bonds is 4. The van der Waals surface area contributed by atoms with Crippen molar-refractivity contribution < 1.29 is 22.7 Å². The summed E-state index contributed by atoms with van der Waals surface area (Å²) < 4.78 is 41.8. The van der Waals surface area contributed by atoms with Crippen LogP contribution in [-0.2, 0) is 10.9 Å². The molecule has 1 amide bonds. The number of halogens is 3. The molecule has 0 bridgehead atoms. The van der Waals surface area contributed by atoms with Crippen molar-refractivity contribution in [2.75, 3.05) is 11.9 Å². The topological polar surface area (TPSA) is 38.3 Å². The van der Waals surface area contributed by atoms with Gasteiger partial charge in [0.2, 0.25) is 0 Å². The molecular weight excluding hydrogens is 259 g/mol. The van der Waals surface area contributed by atoms with Gasteiger partial charge in [0.05, 0.1) is 12.2 Å². The van der Waals surface area contributed by atoms with E-state index in [1.807, 2.05) is 6.92 Å². The average molecular weight is 273 g/mol. The van der Waals surface area contributed by atoms with Gasteiger partial charge < -0.3 is 4.74 Å². The lowest BCUT2D eigenvalue weighted by Gasteiger charge is -2.10. The van der Waals surface area contributed by atoms with E-state index in [9.17, 15) is 18.0 Å². The van der Waals surface area contributed by atoms with Crippen molar-refractivity contribution in [1.82, 2.24) is 0 Å². The molecule has 0 unspecified atom stereocenters. The lowest BCUT2D eigenvalue weighted by atomic mass is 10.2. The van der Waals surface area contributed by atoms with E-state index < -0.39 is 17.8 Å². The number of hydrogen-bond donors (Lipinski definition) is 1. The number of alkyl halides is 3. The Bertz CT molecular complexity index is 440. The van der Waals surface area contributed by atoms with Gasteiger partial charge in [-0.1, -0.05) is 13.0 Å². The van der Waals surface area contributed by atoms with Gasteiger partial charge in [0.1, 0.15) is 0 Å². The molecule has 19 heavy (non-hydrogen) atoms. The Morgan fingerprint density at radius 2 is 2.00 bits per heavy atom. The second kappa shape index (κ2) is 6.26. The molecule has 1 atom stereocenters. The zero-order valence-electron chi connectivity index (χ0n) is 10.3. The summed E-state index contributed by atoms with van der Waals surface area (Å²) >= 11 is 0. The van der Waals surface area contributed by atoms with Gasteiger partial charge in [0.25, 0.3) is 0 Å². The summed E-state index contributed by atoms with van der Waals surface area (Å²) in [7, 11) is 0. The molecule has 104 valence electrons. The summed E-state index contributed by atoms with van der Waals surface area (Å²) in [6, 6.07) is 4.12. The maximum Gasteiger partial charge on any atom is 0.416 e. The zero-order valence-corrected chi connectivity index (χ0v) is 10.3. The fraction of sp³-hybridized carbons (Fsp3) is 0.308. The van der Waals surface area contributed by atoms with Crippen molar-refractivity contribution >= 4 is 11.8 Å². The van der Waals surface area contributed by atoms with E-state index in [-0.39, 0.29) is 18.2 Å². The summed E-state index contributed by atoms with van der Waals surface area (Å²) in [5, 5.41) is 2.34. The van der Waals surface area contributed by atoms with Crippen LogP contribution in [0.15, 0.2) is 36.9 Å². The van der Waals surface area contributed by atoms with Crippen LogP contribution in [0.5, 0.6) is 0 Å². The first-order valence-corrected chi connectivity index (χ1v) is 5.56. The maximum atomic E-state index is 12.3. The molecule has 1 N–H and O–H groups in total. The Balaban J connectivity index is 2.54. The van der Waals surface area contributed by atoms with Gasteiger partial charge >= 0.3 is 12.3 Å². The smallest absolute Gasteiger partial charge is 0.416 e. The number of hydrogen-bond acceptors (Lipinski definition) is 2. The molecule has 0 aliphatic carbocycles. The van der Waals surface area contributed by atoms with E-state index >= 15 is 0 Å². The summed E-state index contributed by atoms with van der Waals surface area (Å²) in [4.78, 5) is 11.3. The molecule has 0 fully saturated rings. The monoisotopic (exact) mass is 273 g/mol. The van der Waals surface area contributed by atoms with E-state index in [1.54, 1.807) is 6.08 Å². The largest absolute Gasteiger partial charge is 0.449 e. The van der Waals surface area contributed by atoms with E-state index in [0.29, 0.717) is 0 Å². The fourth-order valence-corrected chi connectivity index (χ4v) is 1.17. The first-order chi connectivity index (χ1) is 8.82. The Kier molecular flexibility index (Phi) is 4.97. The first kappa shape index (κ1) is 15.1. The molecule has 0 radical (unpaired) electrons. The quantitative estimate of drug-likeness (QED) is 0.839. The lowest BCUT2D eigenvalue weighted by molar-refractivity contribution is -0.137. The third kappa shape index (κ3) is 5.03. The van der Waals surface area contributed by atoms with Crippen LogP contribution in [0.2, 0.25) is 0 Å². The van der Waals surface area contributed by atoms with Crippen LogP contribution in [0.4, 0.5) is 23.7 Å². The van der Waals surface area contributed by atoms with E-state index in [1.165, 1.54) is 12.1 Å². The molecule has 0 saturated heterocycles. The van der Waals surface area contributed by atoms with Gasteiger partial charge in [-0.2, -0.15) is 13.2 Å². The minimum absolute atomic E-state index is 0.0124. The van der Waals surface area contributed by atoms with Gasteiger partial charge in [-0.15, -0.1) is 6.58 Å². The van der Waals surface area contributed by atoms with Crippen molar-refractivity contribution in [3.63, 3.8) is 0 Å². The standard InChI is InChI=1S/C13H14F3NO2/c1-3-9(2)8-19-12(18)17-11-6-4-10(5-7-11)13(14,15)16/h3-7,9H,1,8H2,2H3,(H,17,18)/t9-/m1/s1. The Morgan fingerprint density at radius 1 is 1.42 bits per heavy atom. The highest BCUT2D eigenvalue weighted by molar-refractivity contribution is 5.84. The predicted molar refractivity (Wildman–Crippen MR) is 65.8 cm³/mol. The Hall–Kier alpha value is -1.98. The number of carbonyl (C=O) groups is 1. The summed E-state index contributed by atoms with van der Waals surface area (Å²) in [6.45, 7) is 5.52. The SMILES string of the molecule is C=C[C@@H](C)COC(=O)Nc1ccc(C(F)(F)F)cc1. The van der Waals surface area contributed by atoms with Crippen LogP contribution in [0.3, 0.4) is 0 Å². The maximum absolute atomic E-state index is 12.3. The van der Waals surface area contributed by atoms with Crippen molar-refractivity contribution in [2.45, 2.75) is 13.1 Å². The fourth-order valence-electron chi connectivity index (χ4n) is 1.17. The van der Waals surface area contributed by atoms with Gasteiger partial charge in [0, 0.05) is 11.6 Å². The molecular formula is C13H14F3NO2. The molecule has 1 aromatic rings. The van der Waals surface area contributed by atoms with Crippen molar-refractivity contribution in [3.05, 3.63) is 42.5 Å². The van der Waals surface area contributed by atoms with Gasteiger partial charge in [-0.05, 0) is 24.3 Å². The van der Waals surface area contributed by atoms with Crippen LogP contribution < -0.4 is 5.32 Å². The normalized spacial score (nSPS) is 12.6. The van der Waals surface area contributed by atoms with Crippen LogP contribution in [-0.4, -0.2) is 12.7 Å². The molecule has 0 heterocycles. The molecule has 1 aromatic carbocycles. The minimum atomic E-state index is -4.39. The third-order valence-electron chi connectivity index (χ3n) is 2.34. The van der Waals surface area contributed by atoms with Gasteiger partial charge in [0.15, 0.2) is 0 Å². The van der Waals surface area contributed by atoms with Crippen LogP contribution in [0, 0.1) is 5.92 Å². The number of amides is 1. The Morgan fingerprint density at radius 3 is 2.47 bits per heavy atom. The lowest BCUT2D eigenvalue weighted by Crippen LogP contribution is -2.17. The highest BCUT2D eigenvalue weighted by Gasteiger charge is 2.29. The van der Waals surface area contributed by atoms with Crippen molar-refractivity contribution in [3.8, 4) is 0 Å². The van der Waals surface area contributed by atoms with Gasteiger partial charge in [-0.3, -0.25) is 5.32 Å². The second-order valence-electron chi connectivity index (χ2n) is 4.01. The van der Waals surface area contributed by atoms with E-state index in [4.69, 9.17) is 4.74 Å². The van der Waals surface area contributed by atoms with Gasteiger partial charge in [-0.25, -0.2) is 4.79 Å². The number of anilines is 1. The van der Waals surface area contributed by atoms with Crippen molar-refractivity contribution in [2.24, 2.45) is 5.92 Å². The highest BCUT2D eigenvalue weighted by Crippen LogP contribution is 2.29. The zero-order chi connectivity index (χ0) is 14.5. The predicted octanol–water partition coefficient (Wildman–Crippen LogP) is 4.08. The Labute approximate surface area is 109 Å². The summed E-state index contributed by atoms with van der Waals surface area (Å²) in [5.74, 6) is 0.0124. The molecule has 0 spiro atoms. The van der Waals surface area contributed by atoms with Crippen LogP contribution >= 0.6 is 0 Å². The number of carbonyl (C=O) groups excluding carboxylic acids is 1. The minimum Gasteiger partial charge on any atom is -0.449 e. The molecule has 0 aliphatic rings. The third-order valence-corrected chi connectivity index (χ3v) is 2.34.